The van der Waals surface area contributed by atoms with Crippen LogP contribution in [0, 0.1) is 17.5 Å². The summed E-state index contributed by atoms with van der Waals surface area (Å²) < 4.78 is 62.2. The number of nitrogens with zero attached hydrogens (tertiary/aromatic N) is 3. The van der Waals surface area contributed by atoms with E-state index in [9.17, 15) is 18.4 Å². The molecule has 1 unspecified atom stereocenters. The zero-order valence-corrected chi connectivity index (χ0v) is 32.2. The molecule has 1 N–H and O–H groups in total. The zero-order chi connectivity index (χ0) is 37.7. The van der Waals surface area contributed by atoms with E-state index in [1.54, 1.807) is 31.7 Å². The Balaban J connectivity index is 1.48. The molecule has 2 amide bonds. The zero-order valence-electron chi connectivity index (χ0n) is 30.5. The first-order valence-corrected chi connectivity index (χ1v) is 20.3. The van der Waals surface area contributed by atoms with Gasteiger partial charge in [0.2, 0.25) is 5.91 Å². The predicted molar refractivity (Wildman–Crippen MR) is 193 cm³/mol. The van der Waals surface area contributed by atoms with Crippen LogP contribution in [0.1, 0.15) is 77.0 Å². The Morgan fingerprint density at radius 2 is 1.73 bits per heavy atom. The molecule has 0 aliphatic carbocycles. The second kappa shape index (κ2) is 16.4. The van der Waals surface area contributed by atoms with E-state index in [1.165, 1.54) is 30.6 Å². The fourth-order valence-corrected chi connectivity index (χ4v) is 6.59. The SMILES string of the molecule is CC(C)(C)OC(=O)N1C[C@@H](CCc2c(F)cncc2NC(=O)CC(c2cncc(F)c2)c2ccc(Cl)c(F)c2)OC[C@H]1CO[Si](C)(C)C(C)(C)C. The number of carbonyl (C=O) groups excluding carboxylic acids is 2. The van der Waals surface area contributed by atoms with Gasteiger partial charge in [0, 0.05) is 24.1 Å². The fraction of sp³-hybridized carbons (Fsp3) is 0.514. The van der Waals surface area contributed by atoms with E-state index in [0.717, 1.165) is 12.4 Å². The van der Waals surface area contributed by atoms with Crippen LogP contribution in [-0.4, -0.2) is 72.7 Å². The molecule has 3 atom stereocenters. The second-order valence-corrected chi connectivity index (χ2v) is 20.6. The summed E-state index contributed by atoms with van der Waals surface area (Å²) in [6.07, 6.45) is 4.14. The van der Waals surface area contributed by atoms with Gasteiger partial charge in [-0.2, -0.15) is 0 Å². The molecule has 0 spiro atoms. The maximum absolute atomic E-state index is 15.3. The minimum Gasteiger partial charge on any atom is -0.444 e. The minimum absolute atomic E-state index is 0.0189. The second-order valence-electron chi connectivity index (χ2n) is 15.4. The van der Waals surface area contributed by atoms with Gasteiger partial charge >= 0.3 is 6.09 Å². The molecule has 3 aromatic rings. The van der Waals surface area contributed by atoms with E-state index in [1.807, 2.05) is 0 Å². The number of nitrogens with one attached hydrogen (secondary N) is 1. The van der Waals surface area contributed by atoms with Crippen molar-refractivity contribution in [2.75, 3.05) is 25.1 Å². The predicted octanol–water partition coefficient (Wildman–Crippen LogP) is 8.67. The highest BCUT2D eigenvalue weighted by Gasteiger charge is 2.41. The molecule has 0 radical (unpaired) electrons. The molecule has 0 bridgehead atoms. The van der Waals surface area contributed by atoms with Gasteiger partial charge in [0.05, 0.1) is 61.2 Å². The molecule has 3 heterocycles. The molecule has 1 fully saturated rings. The quantitative estimate of drug-likeness (QED) is 0.196. The molecular formula is C37H48ClF3N4O5Si. The molecule has 4 rings (SSSR count). The number of aromatic nitrogens is 2. The van der Waals surface area contributed by atoms with Crippen molar-refractivity contribution in [1.29, 1.82) is 0 Å². The highest BCUT2D eigenvalue weighted by molar-refractivity contribution is 6.74. The van der Waals surface area contributed by atoms with Crippen molar-refractivity contribution in [3.8, 4) is 0 Å². The summed E-state index contributed by atoms with van der Waals surface area (Å²) in [7, 11) is -2.12. The highest BCUT2D eigenvalue weighted by Crippen LogP contribution is 2.37. The molecule has 278 valence electrons. The minimum atomic E-state index is -2.12. The van der Waals surface area contributed by atoms with Crippen LogP contribution in [0.5, 0.6) is 0 Å². The van der Waals surface area contributed by atoms with Crippen LogP contribution < -0.4 is 5.32 Å². The average Bonchev–Trinajstić information content (AvgIpc) is 3.02. The number of ether oxygens (including phenoxy) is 2. The Hall–Kier alpha value is -3.52. The number of carbonyl (C=O) groups is 2. The molecular weight excluding hydrogens is 701 g/mol. The van der Waals surface area contributed by atoms with Gasteiger partial charge in [-0.1, -0.05) is 38.4 Å². The summed E-state index contributed by atoms with van der Waals surface area (Å²) >= 11 is 5.88. The Morgan fingerprint density at radius 1 is 1.02 bits per heavy atom. The Bertz CT molecular complexity index is 1700. The lowest BCUT2D eigenvalue weighted by Crippen LogP contribution is -2.56. The Kier molecular flexibility index (Phi) is 13.0. The Morgan fingerprint density at radius 3 is 2.37 bits per heavy atom. The molecule has 1 aromatic carbocycles. The first-order valence-electron chi connectivity index (χ1n) is 17.0. The monoisotopic (exact) mass is 748 g/mol. The third-order valence-electron chi connectivity index (χ3n) is 9.30. The van der Waals surface area contributed by atoms with E-state index >= 15 is 4.39 Å². The number of hydrogen-bond donors (Lipinski definition) is 1. The topological polar surface area (TPSA) is 103 Å². The van der Waals surface area contributed by atoms with Crippen molar-refractivity contribution in [3.05, 3.63) is 88.2 Å². The lowest BCUT2D eigenvalue weighted by molar-refractivity contribution is -0.116. The van der Waals surface area contributed by atoms with Crippen molar-refractivity contribution >= 4 is 37.6 Å². The van der Waals surface area contributed by atoms with Crippen LogP contribution >= 0.6 is 11.6 Å². The third kappa shape index (κ3) is 11.0. The van der Waals surface area contributed by atoms with Crippen LogP contribution in [-0.2, 0) is 25.1 Å². The average molecular weight is 749 g/mol. The molecule has 9 nitrogen and oxygen atoms in total. The number of pyridine rings is 2. The maximum atomic E-state index is 15.3. The molecule has 14 heteroatoms. The number of hydrogen-bond acceptors (Lipinski definition) is 7. The van der Waals surface area contributed by atoms with Crippen molar-refractivity contribution in [3.63, 3.8) is 0 Å². The van der Waals surface area contributed by atoms with Gasteiger partial charge in [-0.15, -0.1) is 0 Å². The van der Waals surface area contributed by atoms with Crippen LogP contribution in [0.15, 0.2) is 49.1 Å². The fourth-order valence-electron chi connectivity index (χ4n) is 5.43. The summed E-state index contributed by atoms with van der Waals surface area (Å²) in [5.74, 6) is -3.26. The maximum Gasteiger partial charge on any atom is 0.410 e. The van der Waals surface area contributed by atoms with Gasteiger partial charge in [0.1, 0.15) is 23.1 Å². The lowest BCUT2D eigenvalue weighted by Gasteiger charge is -2.43. The molecule has 1 aliphatic rings. The number of rotatable bonds is 11. The van der Waals surface area contributed by atoms with E-state index in [0.29, 0.717) is 24.2 Å². The van der Waals surface area contributed by atoms with Gasteiger partial charge in [0.25, 0.3) is 0 Å². The van der Waals surface area contributed by atoms with E-state index in [4.69, 9.17) is 25.5 Å². The first-order chi connectivity index (χ1) is 23.7. The van der Waals surface area contributed by atoms with Crippen molar-refractivity contribution in [2.45, 2.75) is 103 Å². The van der Waals surface area contributed by atoms with Gasteiger partial charge in [0.15, 0.2) is 8.32 Å². The number of halogens is 4. The highest BCUT2D eigenvalue weighted by atomic mass is 35.5. The van der Waals surface area contributed by atoms with Crippen LogP contribution in [0.25, 0.3) is 0 Å². The lowest BCUT2D eigenvalue weighted by atomic mass is 9.89. The first kappa shape index (κ1) is 40.3. The van der Waals surface area contributed by atoms with E-state index in [-0.39, 0.29) is 53.3 Å². The van der Waals surface area contributed by atoms with E-state index < -0.39 is 55.4 Å². The normalized spacial score (nSPS) is 17.6. The summed E-state index contributed by atoms with van der Waals surface area (Å²) in [4.78, 5) is 36.3. The molecule has 1 aliphatic heterocycles. The third-order valence-corrected chi connectivity index (χ3v) is 14.1. The summed E-state index contributed by atoms with van der Waals surface area (Å²) in [6.45, 7) is 16.9. The Labute approximate surface area is 304 Å². The number of amides is 2. The summed E-state index contributed by atoms with van der Waals surface area (Å²) in [5, 5.41) is 2.62. The molecule has 0 saturated carbocycles. The standard InChI is InChI=1S/C37H48ClF3N4O5Si/c1-36(2,3)50-35(47)45-20-27(48-21-26(45)22-49-51(7,8)37(4,5)6)10-11-28-32(41)18-43-19-33(28)44-34(46)15-29(24-13-25(39)17-42-16-24)23-9-12-30(38)31(40)14-23/h9,12-14,16-19,26-27,29H,10-11,15,20-22H2,1-8H3,(H,44,46)/t26-,27+,29?/m0/s1. The molecule has 2 aromatic heterocycles. The van der Waals surface area contributed by atoms with Crippen LogP contribution in [0.2, 0.25) is 23.2 Å². The van der Waals surface area contributed by atoms with Crippen LogP contribution in [0.3, 0.4) is 0 Å². The van der Waals surface area contributed by atoms with Gasteiger partial charge in [-0.3, -0.25) is 19.7 Å². The van der Waals surface area contributed by atoms with Crippen molar-refractivity contribution in [1.82, 2.24) is 14.9 Å². The van der Waals surface area contributed by atoms with E-state index in [2.05, 4.69) is 49.1 Å². The summed E-state index contributed by atoms with van der Waals surface area (Å²) in [5.41, 5.74) is 0.375. The number of anilines is 1. The van der Waals surface area contributed by atoms with Crippen molar-refractivity contribution < 1.29 is 36.7 Å². The number of morpholine rings is 1. The van der Waals surface area contributed by atoms with Crippen LogP contribution in [0.4, 0.5) is 23.7 Å². The molecule has 1 saturated heterocycles. The van der Waals surface area contributed by atoms with Gasteiger partial charge in [-0.05, 0) is 81.1 Å². The van der Waals surface area contributed by atoms with Crippen molar-refractivity contribution in [2.24, 2.45) is 0 Å². The van der Waals surface area contributed by atoms with Gasteiger partial charge in [-0.25, -0.2) is 18.0 Å². The number of benzene rings is 1. The van der Waals surface area contributed by atoms with Gasteiger partial charge < -0.3 is 19.2 Å². The summed E-state index contributed by atoms with van der Waals surface area (Å²) in [6, 6.07) is 4.96. The smallest absolute Gasteiger partial charge is 0.410 e. The molecule has 51 heavy (non-hydrogen) atoms. The largest absolute Gasteiger partial charge is 0.444 e.